The van der Waals surface area contributed by atoms with Crippen molar-refractivity contribution in [3.05, 3.63) is 0 Å². The highest BCUT2D eigenvalue weighted by Crippen LogP contribution is 2.24. The molecule has 2 rings (SSSR count). The topological polar surface area (TPSA) is 97.8 Å². The molecule has 0 aromatic rings. The third-order valence-electron chi connectivity index (χ3n) is 3.16. The average Bonchev–Trinajstić information content (AvgIpc) is 2.58. The Morgan fingerprint density at radius 1 is 1.15 bits per heavy atom. The largest absolute Gasteiger partial charge is 0.272 e. The van der Waals surface area contributed by atoms with Gasteiger partial charge in [-0.3, -0.25) is 9.63 Å². The minimum absolute atomic E-state index is 0.0173. The van der Waals surface area contributed by atoms with E-state index in [1.165, 1.54) is 11.8 Å². The van der Waals surface area contributed by atoms with E-state index >= 15 is 0 Å². The Balaban J connectivity index is 1.80. The molecule has 0 spiro atoms. The zero-order valence-corrected chi connectivity index (χ0v) is 13.3. The first kappa shape index (κ1) is 16.1. The van der Waals surface area contributed by atoms with Gasteiger partial charge >= 0.3 is 0 Å². The van der Waals surface area contributed by atoms with Gasteiger partial charge in [0.15, 0.2) is 19.7 Å². The maximum Gasteiger partial charge on any atom is 0.256 e. The van der Waals surface area contributed by atoms with E-state index in [1.54, 1.807) is 0 Å². The van der Waals surface area contributed by atoms with Crippen LogP contribution in [0.5, 0.6) is 0 Å². The molecule has 2 heterocycles. The lowest BCUT2D eigenvalue weighted by atomic mass is 10.4. The molecule has 0 saturated carbocycles. The molecule has 116 valence electrons. The van der Waals surface area contributed by atoms with E-state index in [0.29, 0.717) is 6.42 Å². The number of thioether (sulfide) groups is 1. The van der Waals surface area contributed by atoms with Crippen molar-refractivity contribution in [1.29, 1.82) is 0 Å². The first-order valence-corrected chi connectivity index (χ1v) is 10.9. The summed E-state index contributed by atoms with van der Waals surface area (Å²) in [4.78, 5) is 17.0. The first-order valence-electron chi connectivity index (χ1n) is 6.23. The molecule has 0 aromatic heterocycles. The van der Waals surface area contributed by atoms with Crippen LogP contribution >= 0.6 is 11.8 Å². The molecule has 1 unspecified atom stereocenters. The number of hydrogen-bond acceptors (Lipinski definition) is 7. The second kappa shape index (κ2) is 6.20. The molecule has 0 aliphatic carbocycles. The van der Waals surface area contributed by atoms with Gasteiger partial charge in [-0.25, -0.2) is 21.9 Å². The summed E-state index contributed by atoms with van der Waals surface area (Å²) in [5.74, 6) is -0.0830. The summed E-state index contributed by atoms with van der Waals surface area (Å²) in [5, 5.41) is 1.03. The maximum absolute atomic E-state index is 11.9. The SMILES string of the molecule is O=C(CSC1CCS(=O)(=O)C1)N1CCS(=O)(=O)CCO1. The molecular weight excluding hydrogens is 326 g/mol. The molecule has 0 aromatic carbocycles. The number of carbonyl (C=O) groups is 1. The van der Waals surface area contributed by atoms with Gasteiger partial charge in [-0.15, -0.1) is 11.8 Å². The molecular formula is C10H17NO6S3. The lowest BCUT2D eigenvalue weighted by Gasteiger charge is -2.19. The molecule has 0 bridgehead atoms. The molecule has 2 aliphatic heterocycles. The van der Waals surface area contributed by atoms with Crippen molar-refractivity contribution in [2.45, 2.75) is 11.7 Å². The number of hydroxylamine groups is 2. The van der Waals surface area contributed by atoms with Gasteiger partial charge in [0.2, 0.25) is 0 Å². The Kier molecular flexibility index (Phi) is 4.98. The van der Waals surface area contributed by atoms with Gasteiger partial charge in [0.25, 0.3) is 5.91 Å². The summed E-state index contributed by atoms with van der Waals surface area (Å²) in [5.41, 5.74) is 0. The van der Waals surface area contributed by atoms with Gasteiger partial charge in [0.05, 0.1) is 41.9 Å². The Bertz CT molecular complexity index is 570. The molecule has 2 aliphatic rings. The number of rotatable bonds is 3. The van der Waals surface area contributed by atoms with E-state index < -0.39 is 19.7 Å². The van der Waals surface area contributed by atoms with Crippen LogP contribution in [0.3, 0.4) is 0 Å². The van der Waals surface area contributed by atoms with Gasteiger partial charge in [-0.2, -0.15) is 0 Å². The first-order chi connectivity index (χ1) is 9.27. The summed E-state index contributed by atoms with van der Waals surface area (Å²) in [7, 11) is -6.08. The van der Waals surface area contributed by atoms with Crippen molar-refractivity contribution in [2.75, 3.05) is 41.9 Å². The van der Waals surface area contributed by atoms with Crippen molar-refractivity contribution < 1.29 is 26.5 Å². The Hall–Kier alpha value is -0.320. The molecule has 0 radical (unpaired) electrons. The molecule has 2 saturated heterocycles. The van der Waals surface area contributed by atoms with Crippen LogP contribution in [0.1, 0.15) is 6.42 Å². The number of nitrogens with zero attached hydrogens (tertiary/aromatic N) is 1. The van der Waals surface area contributed by atoms with Crippen molar-refractivity contribution in [3.63, 3.8) is 0 Å². The van der Waals surface area contributed by atoms with E-state index in [2.05, 4.69) is 0 Å². The van der Waals surface area contributed by atoms with Gasteiger partial charge < -0.3 is 0 Å². The third-order valence-corrected chi connectivity index (χ3v) is 8.02. The van der Waals surface area contributed by atoms with Crippen molar-refractivity contribution >= 4 is 37.3 Å². The van der Waals surface area contributed by atoms with Crippen LogP contribution in [0.25, 0.3) is 0 Å². The lowest BCUT2D eigenvalue weighted by Crippen LogP contribution is -2.34. The summed E-state index contributed by atoms with van der Waals surface area (Å²) in [6, 6.07) is 0. The van der Waals surface area contributed by atoms with Crippen LogP contribution in [0.15, 0.2) is 0 Å². The van der Waals surface area contributed by atoms with Crippen LogP contribution in [0.4, 0.5) is 0 Å². The molecule has 1 atom stereocenters. The van der Waals surface area contributed by atoms with Crippen LogP contribution in [0.2, 0.25) is 0 Å². The predicted octanol–water partition coefficient (Wildman–Crippen LogP) is -0.905. The minimum Gasteiger partial charge on any atom is -0.272 e. The monoisotopic (exact) mass is 343 g/mol. The summed E-state index contributed by atoms with van der Waals surface area (Å²) in [6.07, 6.45) is 0.565. The normalized spacial score (nSPS) is 29.0. The lowest BCUT2D eigenvalue weighted by molar-refractivity contribution is -0.178. The fraction of sp³-hybridized carbons (Fsp3) is 0.900. The highest BCUT2D eigenvalue weighted by Gasteiger charge is 2.30. The van der Waals surface area contributed by atoms with Crippen molar-refractivity contribution in [3.8, 4) is 0 Å². The number of amides is 1. The minimum atomic E-state index is -3.14. The number of sulfone groups is 2. The van der Waals surface area contributed by atoms with Gasteiger partial charge in [0, 0.05) is 5.25 Å². The summed E-state index contributed by atoms with van der Waals surface area (Å²) >= 11 is 1.29. The van der Waals surface area contributed by atoms with Crippen molar-refractivity contribution in [2.24, 2.45) is 0 Å². The molecule has 7 nitrogen and oxygen atoms in total. The number of hydrogen-bond donors (Lipinski definition) is 0. The number of carbonyl (C=O) groups excluding carboxylic acids is 1. The van der Waals surface area contributed by atoms with E-state index in [4.69, 9.17) is 4.84 Å². The van der Waals surface area contributed by atoms with E-state index in [9.17, 15) is 21.6 Å². The Morgan fingerprint density at radius 3 is 2.55 bits per heavy atom. The predicted molar refractivity (Wildman–Crippen MR) is 75.8 cm³/mol. The summed E-state index contributed by atoms with van der Waals surface area (Å²) in [6.45, 7) is 0.0151. The van der Waals surface area contributed by atoms with E-state index in [1.807, 2.05) is 0 Å². The molecule has 10 heteroatoms. The summed E-state index contributed by atoms with van der Waals surface area (Å²) < 4.78 is 45.4. The fourth-order valence-electron chi connectivity index (χ4n) is 2.01. The van der Waals surface area contributed by atoms with Gasteiger partial charge in [0.1, 0.15) is 0 Å². The standard InChI is InChI=1S/C10H17NO6S3/c12-10(7-18-9-1-4-20(15,16)8-9)11-2-5-19(13,14)6-3-17-11/h9H,1-8H2. The van der Waals surface area contributed by atoms with E-state index in [0.717, 1.165) is 5.06 Å². The second-order valence-electron chi connectivity index (χ2n) is 4.82. The van der Waals surface area contributed by atoms with Crippen LogP contribution in [-0.2, 0) is 29.3 Å². The Morgan fingerprint density at radius 2 is 1.90 bits per heavy atom. The van der Waals surface area contributed by atoms with Gasteiger partial charge in [-0.05, 0) is 6.42 Å². The highest BCUT2D eigenvalue weighted by molar-refractivity contribution is 8.02. The quantitative estimate of drug-likeness (QED) is 0.654. The van der Waals surface area contributed by atoms with Crippen LogP contribution in [0, 0.1) is 0 Å². The zero-order valence-electron chi connectivity index (χ0n) is 10.9. The highest BCUT2D eigenvalue weighted by atomic mass is 32.2. The Labute approximate surface area is 122 Å². The van der Waals surface area contributed by atoms with E-state index in [-0.39, 0.29) is 53.1 Å². The molecule has 0 N–H and O–H groups in total. The smallest absolute Gasteiger partial charge is 0.256 e. The van der Waals surface area contributed by atoms with Gasteiger partial charge in [-0.1, -0.05) is 0 Å². The molecule has 20 heavy (non-hydrogen) atoms. The third kappa shape index (κ3) is 4.61. The van der Waals surface area contributed by atoms with Crippen molar-refractivity contribution in [1.82, 2.24) is 5.06 Å². The van der Waals surface area contributed by atoms with Crippen LogP contribution in [-0.4, -0.2) is 75.0 Å². The zero-order chi connectivity index (χ0) is 14.8. The van der Waals surface area contributed by atoms with Crippen LogP contribution < -0.4 is 0 Å². The average molecular weight is 343 g/mol. The fourth-order valence-corrected chi connectivity index (χ4v) is 6.50. The molecule has 2 fully saturated rings. The second-order valence-corrected chi connectivity index (χ2v) is 10.6. The molecule has 1 amide bonds. The maximum atomic E-state index is 11.9.